The number of hydrazone groups is 1. The minimum atomic E-state index is -1.00. The van der Waals surface area contributed by atoms with Gasteiger partial charge in [-0.2, -0.15) is 5.10 Å². The van der Waals surface area contributed by atoms with Gasteiger partial charge in [0.05, 0.1) is 30.0 Å². The number of esters is 1. The first-order chi connectivity index (χ1) is 18.2. The molecule has 3 aromatic rings. The smallest absolute Gasteiger partial charge is 0.350 e. The second-order valence-corrected chi connectivity index (χ2v) is 7.55. The first kappa shape index (κ1) is 27.3. The first-order valence-electron chi connectivity index (χ1n) is 11.3. The van der Waals surface area contributed by atoms with Crippen LogP contribution >= 0.6 is 0 Å². The van der Waals surface area contributed by atoms with E-state index >= 15 is 0 Å². The number of hydrogen-bond acceptors (Lipinski definition) is 9. The number of ether oxygens (including phenoxy) is 3. The maximum atomic E-state index is 12.6. The number of nitro benzene ring substituents is 1. The number of nitro groups is 1. The van der Waals surface area contributed by atoms with Crippen LogP contribution in [0.3, 0.4) is 0 Å². The highest BCUT2D eigenvalue weighted by atomic mass is 16.6. The summed E-state index contributed by atoms with van der Waals surface area (Å²) in [6.07, 6.45) is 0. The molecule has 2 amide bonds. The molecule has 3 aromatic carbocycles. The van der Waals surface area contributed by atoms with Crippen molar-refractivity contribution in [3.8, 4) is 17.2 Å². The Hall–Kier alpha value is -5.26. The molecule has 38 heavy (non-hydrogen) atoms. The molecular weight excluding hydrogens is 496 g/mol. The Kier molecular flexibility index (Phi) is 9.08. The summed E-state index contributed by atoms with van der Waals surface area (Å²) in [7, 11) is 1.35. The van der Waals surface area contributed by atoms with E-state index in [1.54, 1.807) is 38.1 Å². The quantitative estimate of drug-likeness (QED) is 0.108. The van der Waals surface area contributed by atoms with Crippen molar-refractivity contribution >= 4 is 34.9 Å². The Morgan fingerprint density at radius 3 is 2.37 bits per heavy atom. The van der Waals surface area contributed by atoms with Gasteiger partial charge in [0.15, 0.2) is 11.5 Å². The summed E-state index contributed by atoms with van der Waals surface area (Å²) in [6, 6.07) is 16.5. The number of anilines is 1. The molecule has 0 atom stereocenters. The zero-order chi connectivity index (χ0) is 27.7. The number of methoxy groups -OCH3 is 1. The molecule has 0 radical (unpaired) electrons. The maximum absolute atomic E-state index is 12.6. The van der Waals surface area contributed by atoms with Crippen LogP contribution in [0.2, 0.25) is 0 Å². The lowest BCUT2D eigenvalue weighted by atomic mass is 10.1. The van der Waals surface area contributed by atoms with E-state index in [9.17, 15) is 24.5 Å². The van der Waals surface area contributed by atoms with Gasteiger partial charge in [-0.05, 0) is 50.2 Å². The third-order valence-corrected chi connectivity index (χ3v) is 5.07. The second-order valence-electron chi connectivity index (χ2n) is 7.55. The van der Waals surface area contributed by atoms with Gasteiger partial charge in [0.25, 0.3) is 5.69 Å². The number of carbonyl (C=O) groups excluding carboxylic acids is 3. The van der Waals surface area contributed by atoms with Crippen LogP contribution in [0.4, 0.5) is 11.4 Å². The van der Waals surface area contributed by atoms with Gasteiger partial charge in [-0.25, -0.2) is 10.2 Å². The number of nitrogens with zero attached hydrogens (tertiary/aromatic N) is 2. The topological polar surface area (TPSA) is 158 Å². The number of rotatable bonds is 9. The highest BCUT2D eigenvalue weighted by molar-refractivity contribution is 6.39. The summed E-state index contributed by atoms with van der Waals surface area (Å²) in [4.78, 5) is 47.6. The van der Waals surface area contributed by atoms with Gasteiger partial charge in [0, 0.05) is 11.6 Å². The number of para-hydroxylation sites is 3. The molecule has 12 nitrogen and oxygen atoms in total. The van der Waals surface area contributed by atoms with Crippen LogP contribution in [0.25, 0.3) is 0 Å². The van der Waals surface area contributed by atoms with E-state index in [4.69, 9.17) is 14.2 Å². The molecule has 2 N–H and O–H groups in total. The monoisotopic (exact) mass is 520 g/mol. The molecule has 12 heteroatoms. The molecule has 0 saturated heterocycles. The molecule has 0 unspecified atom stereocenters. The molecule has 3 rings (SSSR count). The summed E-state index contributed by atoms with van der Waals surface area (Å²) in [5.41, 5.74) is 2.71. The van der Waals surface area contributed by atoms with Gasteiger partial charge in [-0.3, -0.25) is 19.7 Å². The summed E-state index contributed by atoms with van der Waals surface area (Å²) >= 11 is 0. The van der Waals surface area contributed by atoms with E-state index < -0.39 is 28.4 Å². The van der Waals surface area contributed by atoms with Crippen LogP contribution in [0.5, 0.6) is 17.2 Å². The lowest BCUT2D eigenvalue weighted by molar-refractivity contribution is -0.385. The fourth-order valence-corrected chi connectivity index (χ4v) is 3.22. The number of carbonyl (C=O) groups is 3. The standard InChI is InChI=1S/C26H24N4O8/c1-4-37-21-12-8-6-10-19(21)27-24(31)25(32)29-28-16(2)17-13-14-22(23(15-17)36-3)38-26(33)18-9-5-7-11-20(18)30(34)35/h5-15H,4H2,1-3H3,(H,27,31)(H,29,32)/b28-16+. The molecule has 0 heterocycles. The lowest BCUT2D eigenvalue weighted by Gasteiger charge is -2.12. The van der Waals surface area contributed by atoms with Crippen LogP contribution in [-0.4, -0.2) is 42.1 Å². The second kappa shape index (κ2) is 12.6. The van der Waals surface area contributed by atoms with E-state index in [1.807, 2.05) is 0 Å². The average molecular weight is 520 g/mol. The van der Waals surface area contributed by atoms with Gasteiger partial charge in [0.1, 0.15) is 11.3 Å². The van der Waals surface area contributed by atoms with Crippen molar-refractivity contribution in [2.24, 2.45) is 5.10 Å². The van der Waals surface area contributed by atoms with E-state index in [2.05, 4.69) is 15.8 Å². The third kappa shape index (κ3) is 6.69. The first-order valence-corrected chi connectivity index (χ1v) is 11.3. The third-order valence-electron chi connectivity index (χ3n) is 5.07. The highest BCUT2D eigenvalue weighted by Gasteiger charge is 2.22. The lowest BCUT2D eigenvalue weighted by Crippen LogP contribution is -2.33. The fourth-order valence-electron chi connectivity index (χ4n) is 3.22. The van der Waals surface area contributed by atoms with Crippen LogP contribution < -0.4 is 25.0 Å². The van der Waals surface area contributed by atoms with Crippen LogP contribution in [0, 0.1) is 10.1 Å². The fraction of sp³-hybridized carbons (Fsp3) is 0.154. The molecule has 0 aromatic heterocycles. The van der Waals surface area contributed by atoms with Crippen molar-refractivity contribution < 1.29 is 33.5 Å². The SMILES string of the molecule is CCOc1ccccc1NC(=O)C(=O)N/N=C(\C)c1ccc(OC(=O)c2ccccc2[N+](=O)[O-])c(OC)c1. The minimum Gasteiger partial charge on any atom is -0.493 e. The number of hydrogen-bond donors (Lipinski definition) is 2. The Bertz CT molecular complexity index is 1400. The molecule has 0 spiro atoms. The summed E-state index contributed by atoms with van der Waals surface area (Å²) in [6.45, 7) is 3.76. The number of benzene rings is 3. The molecule has 0 aliphatic heterocycles. The van der Waals surface area contributed by atoms with Gasteiger partial charge < -0.3 is 19.5 Å². The Labute approximate surface area is 217 Å². The zero-order valence-electron chi connectivity index (χ0n) is 20.7. The van der Waals surface area contributed by atoms with Crippen molar-refractivity contribution in [3.05, 3.63) is 88.0 Å². The van der Waals surface area contributed by atoms with Crippen LogP contribution in [0.15, 0.2) is 71.8 Å². The molecule has 0 aliphatic rings. The van der Waals surface area contributed by atoms with E-state index in [0.717, 1.165) is 0 Å². The Balaban J connectivity index is 1.70. The Morgan fingerprint density at radius 1 is 0.947 bits per heavy atom. The van der Waals surface area contributed by atoms with E-state index in [0.29, 0.717) is 29.3 Å². The van der Waals surface area contributed by atoms with Crippen molar-refractivity contribution in [3.63, 3.8) is 0 Å². The van der Waals surface area contributed by atoms with E-state index in [-0.39, 0.29) is 17.1 Å². The van der Waals surface area contributed by atoms with E-state index in [1.165, 1.54) is 49.6 Å². The number of amides is 2. The van der Waals surface area contributed by atoms with Gasteiger partial charge in [-0.1, -0.05) is 24.3 Å². The van der Waals surface area contributed by atoms with Crippen molar-refractivity contribution in [1.82, 2.24) is 5.43 Å². The van der Waals surface area contributed by atoms with Gasteiger partial charge >= 0.3 is 17.8 Å². The largest absolute Gasteiger partial charge is 0.493 e. The molecule has 0 saturated carbocycles. The summed E-state index contributed by atoms with van der Waals surface area (Å²) < 4.78 is 16.0. The van der Waals surface area contributed by atoms with Crippen LogP contribution in [0.1, 0.15) is 29.8 Å². The van der Waals surface area contributed by atoms with Gasteiger partial charge in [-0.15, -0.1) is 0 Å². The van der Waals surface area contributed by atoms with Crippen molar-refractivity contribution in [2.45, 2.75) is 13.8 Å². The molecule has 0 bridgehead atoms. The maximum Gasteiger partial charge on any atom is 0.350 e. The highest BCUT2D eigenvalue weighted by Crippen LogP contribution is 2.30. The normalized spacial score (nSPS) is 10.8. The molecular formula is C26H24N4O8. The summed E-state index contributed by atoms with van der Waals surface area (Å²) in [5, 5.41) is 17.6. The van der Waals surface area contributed by atoms with Crippen LogP contribution in [-0.2, 0) is 9.59 Å². The average Bonchev–Trinajstić information content (AvgIpc) is 2.92. The Morgan fingerprint density at radius 2 is 1.66 bits per heavy atom. The van der Waals surface area contributed by atoms with Crippen molar-refractivity contribution in [1.29, 1.82) is 0 Å². The van der Waals surface area contributed by atoms with Crippen molar-refractivity contribution in [2.75, 3.05) is 19.0 Å². The molecule has 196 valence electrons. The van der Waals surface area contributed by atoms with Gasteiger partial charge in [0.2, 0.25) is 0 Å². The minimum absolute atomic E-state index is 0.0172. The predicted molar refractivity (Wildman–Crippen MR) is 138 cm³/mol. The predicted octanol–water partition coefficient (Wildman–Crippen LogP) is 3.70. The summed E-state index contributed by atoms with van der Waals surface area (Å²) in [5.74, 6) is -2.30. The number of nitrogens with one attached hydrogen (secondary N) is 2. The zero-order valence-corrected chi connectivity index (χ0v) is 20.7. The molecule has 0 aliphatic carbocycles. The molecule has 0 fully saturated rings.